The molecule has 0 saturated heterocycles. The fourth-order valence-electron chi connectivity index (χ4n) is 2.33. The number of hydrogen-bond acceptors (Lipinski definition) is 4. The number of carbonyl (C=O) groups excluding carboxylic acids is 1. The van der Waals surface area contributed by atoms with Crippen molar-refractivity contribution < 1.29 is 9.21 Å². The van der Waals surface area contributed by atoms with E-state index in [0.717, 1.165) is 16.5 Å². The van der Waals surface area contributed by atoms with Crippen LogP contribution in [0.4, 0.5) is 5.69 Å². The van der Waals surface area contributed by atoms with Gasteiger partial charge in [-0.25, -0.2) is 0 Å². The Morgan fingerprint density at radius 2 is 1.96 bits per heavy atom. The van der Waals surface area contributed by atoms with Crippen LogP contribution in [-0.4, -0.2) is 5.91 Å². The van der Waals surface area contributed by atoms with E-state index in [9.17, 15) is 10.1 Å². The van der Waals surface area contributed by atoms with Crippen LogP contribution in [-0.2, 0) is 11.3 Å². The van der Waals surface area contributed by atoms with E-state index in [0.29, 0.717) is 5.76 Å². The molecule has 24 heavy (non-hydrogen) atoms. The molecule has 5 heteroatoms. The van der Waals surface area contributed by atoms with E-state index in [1.807, 2.05) is 48.5 Å². The molecule has 0 aliphatic heterocycles. The van der Waals surface area contributed by atoms with Crippen molar-refractivity contribution in [1.29, 1.82) is 5.26 Å². The molecule has 5 nitrogen and oxygen atoms in total. The fraction of sp³-hybridized carbons (Fsp3) is 0.0526. The Bertz CT molecular complexity index is 916. The number of furan rings is 1. The smallest absolute Gasteiger partial charge is 0.263 e. The average Bonchev–Trinajstić information content (AvgIpc) is 3.14. The predicted molar refractivity (Wildman–Crippen MR) is 91.8 cm³/mol. The summed E-state index contributed by atoms with van der Waals surface area (Å²) in [6.07, 6.45) is 2.95. The number of nitrogens with one attached hydrogen (secondary N) is 2. The number of nitrogens with zero attached hydrogens (tertiary/aromatic N) is 1. The van der Waals surface area contributed by atoms with E-state index in [4.69, 9.17) is 4.42 Å². The predicted octanol–water partition coefficient (Wildman–Crippen LogP) is 3.57. The van der Waals surface area contributed by atoms with Gasteiger partial charge in [0.25, 0.3) is 5.91 Å². The lowest BCUT2D eigenvalue weighted by Crippen LogP contribution is -2.24. The van der Waals surface area contributed by atoms with Crippen molar-refractivity contribution in [1.82, 2.24) is 5.32 Å². The van der Waals surface area contributed by atoms with Crippen molar-refractivity contribution in [2.24, 2.45) is 0 Å². The van der Waals surface area contributed by atoms with Gasteiger partial charge < -0.3 is 15.1 Å². The first-order chi connectivity index (χ1) is 11.8. The highest BCUT2D eigenvalue weighted by Gasteiger charge is 2.09. The number of anilines is 1. The Balaban J connectivity index is 1.73. The van der Waals surface area contributed by atoms with Gasteiger partial charge in [-0.2, -0.15) is 5.26 Å². The maximum atomic E-state index is 12.1. The first-order valence-corrected chi connectivity index (χ1v) is 7.43. The molecule has 1 heterocycles. The van der Waals surface area contributed by atoms with E-state index < -0.39 is 5.91 Å². The van der Waals surface area contributed by atoms with Crippen molar-refractivity contribution in [2.45, 2.75) is 6.54 Å². The standard InChI is InChI=1S/C19H15N3O2/c20-11-15(19(23)22-13-16-7-4-10-24-16)12-21-18-9-3-6-14-5-1-2-8-17(14)18/h1-10,12,21H,13H2,(H,22,23)/b15-12-. The van der Waals surface area contributed by atoms with Gasteiger partial charge >= 0.3 is 0 Å². The normalized spacial score (nSPS) is 11.0. The van der Waals surface area contributed by atoms with E-state index >= 15 is 0 Å². The van der Waals surface area contributed by atoms with Crippen LogP contribution in [0.3, 0.4) is 0 Å². The zero-order valence-electron chi connectivity index (χ0n) is 12.8. The Morgan fingerprint density at radius 1 is 1.12 bits per heavy atom. The van der Waals surface area contributed by atoms with Crippen LogP contribution >= 0.6 is 0 Å². The fourth-order valence-corrected chi connectivity index (χ4v) is 2.33. The molecule has 118 valence electrons. The van der Waals surface area contributed by atoms with E-state index in [-0.39, 0.29) is 12.1 Å². The number of fused-ring (bicyclic) bond motifs is 1. The number of benzene rings is 2. The minimum Gasteiger partial charge on any atom is -0.467 e. The van der Waals surface area contributed by atoms with Crippen molar-refractivity contribution >= 4 is 22.4 Å². The van der Waals surface area contributed by atoms with Crippen LogP contribution < -0.4 is 10.6 Å². The minimum atomic E-state index is -0.457. The molecule has 0 spiro atoms. The minimum absolute atomic E-state index is 0.00510. The van der Waals surface area contributed by atoms with Gasteiger partial charge in [0, 0.05) is 17.3 Å². The van der Waals surface area contributed by atoms with Crippen molar-refractivity contribution in [3.63, 3.8) is 0 Å². The third kappa shape index (κ3) is 3.45. The molecule has 2 N–H and O–H groups in total. The van der Waals surface area contributed by atoms with Crippen LogP contribution in [0.15, 0.2) is 77.1 Å². The summed E-state index contributed by atoms with van der Waals surface area (Å²) in [6, 6.07) is 19.1. The van der Waals surface area contributed by atoms with Crippen LogP contribution in [0.1, 0.15) is 5.76 Å². The summed E-state index contributed by atoms with van der Waals surface area (Å²) in [6.45, 7) is 0.235. The summed E-state index contributed by atoms with van der Waals surface area (Å²) >= 11 is 0. The maximum absolute atomic E-state index is 12.1. The molecule has 0 aliphatic carbocycles. The second-order valence-corrected chi connectivity index (χ2v) is 5.10. The largest absolute Gasteiger partial charge is 0.467 e. The summed E-state index contributed by atoms with van der Waals surface area (Å²) in [4.78, 5) is 12.1. The second kappa shape index (κ2) is 7.16. The lowest BCUT2D eigenvalue weighted by atomic mass is 10.1. The highest BCUT2D eigenvalue weighted by atomic mass is 16.3. The summed E-state index contributed by atoms with van der Waals surface area (Å²) < 4.78 is 5.14. The highest BCUT2D eigenvalue weighted by molar-refractivity contribution is 5.98. The van der Waals surface area contributed by atoms with Crippen molar-refractivity contribution in [2.75, 3.05) is 5.32 Å². The molecule has 0 atom stereocenters. The van der Waals surface area contributed by atoms with Crippen molar-refractivity contribution in [3.8, 4) is 6.07 Å². The van der Waals surface area contributed by atoms with E-state index in [1.54, 1.807) is 12.1 Å². The third-order valence-electron chi connectivity index (χ3n) is 3.53. The first-order valence-electron chi connectivity index (χ1n) is 7.43. The van der Waals surface area contributed by atoms with Crippen LogP contribution in [0.5, 0.6) is 0 Å². The average molecular weight is 317 g/mol. The second-order valence-electron chi connectivity index (χ2n) is 5.10. The molecular weight excluding hydrogens is 302 g/mol. The number of hydrogen-bond donors (Lipinski definition) is 2. The Kier molecular flexibility index (Phi) is 4.59. The van der Waals surface area contributed by atoms with Gasteiger partial charge in [0.2, 0.25) is 0 Å². The van der Waals surface area contributed by atoms with Crippen LogP contribution in [0.25, 0.3) is 10.8 Å². The lowest BCUT2D eigenvalue weighted by molar-refractivity contribution is -0.117. The van der Waals surface area contributed by atoms with Gasteiger partial charge in [0.05, 0.1) is 12.8 Å². The van der Waals surface area contributed by atoms with E-state index in [1.165, 1.54) is 12.5 Å². The molecule has 0 saturated carbocycles. The molecule has 0 radical (unpaired) electrons. The molecule has 0 unspecified atom stereocenters. The van der Waals surface area contributed by atoms with Crippen molar-refractivity contribution in [3.05, 3.63) is 78.4 Å². The van der Waals surface area contributed by atoms with Gasteiger partial charge in [-0.05, 0) is 23.6 Å². The highest BCUT2D eigenvalue weighted by Crippen LogP contribution is 2.23. The SMILES string of the molecule is N#C/C(=C/Nc1cccc2ccccc12)C(=O)NCc1ccco1. The molecule has 0 fully saturated rings. The zero-order valence-corrected chi connectivity index (χ0v) is 12.8. The number of nitriles is 1. The summed E-state index contributed by atoms with van der Waals surface area (Å²) in [5.41, 5.74) is 0.828. The Morgan fingerprint density at radius 3 is 2.75 bits per heavy atom. The molecule has 0 bridgehead atoms. The molecule has 3 aromatic rings. The van der Waals surface area contributed by atoms with Gasteiger partial charge in [0.1, 0.15) is 17.4 Å². The zero-order chi connectivity index (χ0) is 16.8. The quantitative estimate of drug-likeness (QED) is 0.557. The molecule has 0 aliphatic rings. The molecule has 3 rings (SSSR count). The topological polar surface area (TPSA) is 78.1 Å². The summed E-state index contributed by atoms with van der Waals surface area (Å²) in [5, 5.41) is 17.0. The molecule has 1 aromatic heterocycles. The number of carbonyl (C=O) groups is 1. The number of amides is 1. The third-order valence-corrected chi connectivity index (χ3v) is 3.53. The van der Waals surface area contributed by atoms with E-state index in [2.05, 4.69) is 10.6 Å². The van der Waals surface area contributed by atoms with Crippen LogP contribution in [0.2, 0.25) is 0 Å². The van der Waals surface area contributed by atoms with Gasteiger partial charge in [-0.1, -0.05) is 36.4 Å². The monoisotopic (exact) mass is 317 g/mol. The summed E-state index contributed by atoms with van der Waals surface area (Å²) in [5.74, 6) is 0.171. The van der Waals surface area contributed by atoms with Gasteiger partial charge in [-0.3, -0.25) is 4.79 Å². The number of rotatable bonds is 5. The lowest BCUT2D eigenvalue weighted by Gasteiger charge is -2.07. The Labute approximate surface area is 139 Å². The molecule has 2 aromatic carbocycles. The van der Waals surface area contributed by atoms with Gasteiger partial charge in [-0.15, -0.1) is 0 Å². The maximum Gasteiger partial charge on any atom is 0.263 e. The Hall–Kier alpha value is -3.52. The van der Waals surface area contributed by atoms with Crippen LogP contribution in [0, 0.1) is 11.3 Å². The molecular formula is C19H15N3O2. The summed E-state index contributed by atoms with van der Waals surface area (Å²) in [7, 11) is 0. The first kappa shape index (κ1) is 15.4. The van der Waals surface area contributed by atoms with Gasteiger partial charge in [0.15, 0.2) is 0 Å². The molecule has 1 amide bonds.